The number of aryl methyl sites for hydroxylation is 1. The van der Waals surface area contributed by atoms with Gasteiger partial charge in [0.05, 0.1) is 24.9 Å². The van der Waals surface area contributed by atoms with Crippen molar-refractivity contribution in [1.82, 2.24) is 30.3 Å². The summed E-state index contributed by atoms with van der Waals surface area (Å²) in [6, 6.07) is 9.54. The summed E-state index contributed by atoms with van der Waals surface area (Å²) >= 11 is 0. The molecule has 0 aliphatic heterocycles. The van der Waals surface area contributed by atoms with Crippen molar-refractivity contribution in [3.63, 3.8) is 0 Å². The molecule has 0 aliphatic carbocycles. The van der Waals surface area contributed by atoms with E-state index in [9.17, 15) is 4.79 Å². The number of anilines is 2. The Morgan fingerprint density at radius 2 is 1.94 bits per heavy atom. The van der Waals surface area contributed by atoms with Crippen LogP contribution in [0.15, 0.2) is 36.5 Å². The molecule has 2 heterocycles. The first kappa shape index (κ1) is 24.1. The number of methoxy groups -OCH3 is 1. The van der Waals surface area contributed by atoms with Crippen molar-refractivity contribution in [2.45, 2.75) is 46.7 Å². The minimum absolute atomic E-state index is 0.0470. The maximum Gasteiger partial charge on any atom is 0.258 e. The van der Waals surface area contributed by atoms with Crippen LogP contribution in [0, 0.1) is 6.92 Å². The molecule has 4 aromatic rings. The van der Waals surface area contributed by atoms with Crippen LogP contribution >= 0.6 is 0 Å². The second kappa shape index (κ2) is 10.0. The highest BCUT2D eigenvalue weighted by Crippen LogP contribution is 2.33. The standard InChI is InChI=1S/C25H31N7O3/c1-14(2)27-23(33)13-35-21-10-7-17(11-22(21)34-6)24-29-25(32(31-24)15(3)4)28-19-8-9-20-18(16(19)5)12-26-30-20/h7-12,14-15H,13H2,1-6H3,(H,26,30)(H,27,33)(H,28,29,31). The van der Waals surface area contributed by atoms with E-state index in [2.05, 4.69) is 34.7 Å². The zero-order chi connectivity index (χ0) is 25.1. The van der Waals surface area contributed by atoms with Gasteiger partial charge in [-0.1, -0.05) is 0 Å². The Morgan fingerprint density at radius 3 is 2.66 bits per heavy atom. The normalized spacial score (nSPS) is 11.3. The fraction of sp³-hybridized carbons (Fsp3) is 0.360. The molecule has 35 heavy (non-hydrogen) atoms. The van der Waals surface area contributed by atoms with Gasteiger partial charge in [0, 0.05) is 22.7 Å². The molecule has 0 atom stereocenters. The Kier molecular flexibility index (Phi) is 6.90. The summed E-state index contributed by atoms with van der Waals surface area (Å²) in [7, 11) is 1.56. The van der Waals surface area contributed by atoms with E-state index in [0.29, 0.717) is 23.3 Å². The van der Waals surface area contributed by atoms with Crippen LogP contribution in [0.5, 0.6) is 11.5 Å². The van der Waals surface area contributed by atoms with Crippen LogP contribution in [-0.2, 0) is 4.79 Å². The molecule has 10 nitrogen and oxygen atoms in total. The van der Waals surface area contributed by atoms with Gasteiger partial charge in [0.25, 0.3) is 5.91 Å². The Hall–Kier alpha value is -4.08. The van der Waals surface area contributed by atoms with Gasteiger partial charge in [0.15, 0.2) is 23.9 Å². The van der Waals surface area contributed by atoms with Gasteiger partial charge in [-0.15, -0.1) is 5.10 Å². The molecule has 0 radical (unpaired) electrons. The van der Waals surface area contributed by atoms with Crippen molar-refractivity contribution in [2.75, 3.05) is 19.0 Å². The highest BCUT2D eigenvalue weighted by atomic mass is 16.5. The second-order valence-corrected chi connectivity index (χ2v) is 8.87. The average Bonchev–Trinajstić information content (AvgIpc) is 3.47. The smallest absolute Gasteiger partial charge is 0.258 e. The van der Waals surface area contributed by atoms with Gasteiger partial charge in [-0.3, -0.25) is 9.89 Å². The van der Waals surface area contributed by atoms with Gasteiger partial charge in [-0.05, 0) is 70.5 Å². The van der Waals surface area contributed by atoms with E-state index < -0.39 is 0 Å². The number of aromatic nitrogens is 5. The Balaban J connectivity index is 1.60. The lowest BCUT2D eigenvalue weighted by Crippen LogP contribution is -2.34. The first-order valence-corrected chi connectivity index (χ1v) is 11.5. The molecule has 0 spiro atoms. The topological polar surface area (TPSA) is 119 Å². The molecular weight excluding hydrogens is 446 g/mol. The number of benzene rings is 2. The SMILES string of the molecule is COc1cc(-c2nc(Nc3ccc4[nH]ncc4c3C)n(C(C)C)n2)ccc1OCC(=O)NC(C)C. The Morgan fingerprint density at radius 1 is 1.14 bits per heavy atom. The summed E-state index contributed by atoms with van der Waals surface area (Å²) in [6.07, 6.45) is 1.82. The number of nitrogens with zero attached hydrogens (tertiary/aromatic N) is 4. The Bertz CT molecular complexity index is 1340. The van der Waals surface area contributed by atoms with Gasteiger partial charge >= 0.3 is 0 Å². The quantitative estimate of drug-likeness (QED) is 0.328. The molecule has 10 heteroatoms. The van der Waals surface area contributed by atoms with E-state index in [1.807, 2.05) is 55.9 Å². The van der Waals surface area contributed by atoms with Crippen LogP contribution in [-0.4, -0.2) is 50.6 Å². The monoisotopic (exact) mass is 477 g/mol. The number of hydrogen-bond donors (Lipinski definition) is 3. The van der Waals surface area contributed by atoms with Crippen LogP contribution in [0.1, 0.15) is 39.3 Å². The minimum atomic E-state index is -0.192. The van der Waals surface area contributed by atoms with Crippen LogP contribution in [0.25, 0.3) is 22.3 Å². The summed E-state index contributed by atoms with van der Waals surface area (Å²) in [5, 5.41) is 19.1. The van der Waals surface area contributed by atoms with Crippen molar-refractivity contribution in [1.29, 1.82) is 0 Å². The fourth-order valence-electron chi connectivity index (χ4n) is 3.74. The number of nitrogens with one attached hydrogen (secondary N) is 3. The van der Waals surface area contributed by atoms with Crippen LogP contribution in [0.3, 0.4) is 0 Å². The lowest BCUT2D eigenvalue weighted by Gasteiger charge is -2.13. The number of ether oxygens (including phenoxy) is 2. The third kappa shape index (κ3) is 5.21. The predicted octanol–water partition coefficient (Wildman–Crippen LogP) is 4.37. The molecular formula is C25H31N7O3. The molecule has 3 N–H and O–H groups in total. The van der Waals surface area contributed by atoms with Gasteiger partial charge in [0.2, 0.25) is 5.95 Å². The van der Waals surface area contributed by atoms with Crippen LogP contribution in [0.4, 0.5) is 11.6 Å². The summed E-state index contributed by atoms with van der Waals surface area (Å²) in [4.78, 5) is 16.7. The van der Waals surface area contributed by atoms with E-state index in [4.69, 9.17) is 19.6 Å². The number of carbonyl (C=O) groups is 1. The van der Waals surface area contributed by atoms with Crippen molar-refractivity contribution in [2.24, 2.45) is 0 Å². The molecule has 4 rings (SSSR count). The van der Waals surface area contributed by atoms with E-state index in [-0.39, 0.29) is 24.6 Å². The Labute approximate surface area is 204 Å². The van der Waals surface area contributed by atoms with Gasteiger partial charge in [-0.25, -0.2) is 4.68 Å². The van der Waals surface area contributed by atoms with E-state index in [1.54, 1.807) is 13.2 Å². The molecule has 0 saturated heterocycles. The van der Waals surface area contributed by atoms with Crippen molar-refractivity contribution >= 4 is 28.4 Å². The molecule has 0 bridgehead atoms. The zero-order valence-corrected chi connectivity index (χ0v) is 20.8. The fourth-order valence-corrected chi connectivity index (χ4v) is 3.74. The maximum absolute atomic E-state index is 11.9. The number of carbonyl (C=O) groups excluding carboxylic acids is 1. The number of fused-ring (bicyclic) bond motifs is 1. The summed E-state index contributed by atoms with van der Waals surface area (Å²) in [5.74, 6) is 1.96. The zero-order valence-electron chi connectivity index (χ0n) is 20.8. The van der Waals surface area contributed by atoms with Gasteiger partial charge in [-0.2, -0.15) is 10.1 Å². The molecule has 0 fully saturated rings. The van der Waals surface area contributed by atoms with E-state index >= 15 is 0 Å². The molecule has 2 aromatic heterocycles. The minimum Gasteiger partial charge on any atom is -0.493 e. The summed E-state index contributed by atoms with van der Waals surface area (Å²) in [5.41, 5.74) is 3.75. The molecule has 0 unspecified atom stereocenters. The first-order chi connectivity index (χ1) is 16.8. The second-order valence-electron chi connectivity index (χ2n) is 8.87. The number of hydrogen-bond acceptors (Lipinski definition) is 7. The summed E-state index contributed by atoms with van der Waals surface area (Å²) in [6.45, 7) is 9.85. The lowest BCUT2D eigenvalue weighted by molar-refractivity contribution is -0.123. The van der Waals surface area contributed by atoms with Gasteiger partial charge < -0.3 is 20.1 Å². The third-order valence-corrected chi connectivity index (χ3v) is 5.49. The van der Waals surface area contributed by atoms with Crippen LogP contribution < -0.4 is 20.1 Å². The van der Waals surface area contributed by atoms with Crippen molar-refractivity contribution < 1.29 is 14.3 Å². The summed E-state index contributed by atoms with van der Waals surface area (Å²) < 4.78 is 13.0. The third-order valence-electron chi connectivity index (χ3n) is 5.49. The van der Waals surface area contributed by atoms with Gasteiger partial charge in [0.1, 0.15) is 0 Å². The molecule has 184 valence electrons. The number of rotatable bonds is 9. The molecule has 0 aliphatic rings. The van der Waals surface area contributed by atoms with E-state index in [1.165, 1.54) is 0 Å². The number of amides is 1. The predicted molar refractivity (Wildman–Crippen MR) is 135 cm³/mol. The average molecular weight is 478 g/mol. The van der Waals surface area contributed by atoms with Crippen molar-refractivity contribution in [3.05, 3.63) is 42.1 Å². The molecule has 1 amide bonds. The highest BCUT2D eigenvalue weighted by Gasteiger charge is 2.18. The number of H-pyrrole nitrogens is 1. The molecule has 2 aromatic carbocycles. The first-order valence-electron chi connectivity index (χ1n) is 11.5. The highest BCUT2D eigenvalue weighted by molar-refractivity contribution is 5.87. The number of aromatic amines is 1. The lowest BCUT2D eigenvalue weighted by atomic mass is 10.1. The molecule has 0 saturated carbocycles. The van der Waals surface area contributed by atoms with Crippen molar-refractivity contribution in [3.8, 4) is 22.9 Å². The maximum atomic E-state index is 11.9. The van der Waals surface area contributed by atoms with Crippen LogP contribution in [0.2, 0.25) is 0 Å². The van der Waals surface area contributed by atoms with E-state index in [0.717, 1.165) is 27.7 Å². The largest absolute Gasteiger partial charge is 0.493 e.